The Balaban J connectivity index is 1.88. The highest BCUT2D eigenvalue weighted by Crippen LogP contribution is 2.18. The van der Waals surface area contributed by atoms with E-state index < -0.39 is 5.91 Å². The Labute approximate surface area is 196 Å². The van der Waals surface area contributed by atoms with Crippen molar-refractivity contribution < 1.29 is 14.3 Å². The lowest BCUT2D eigenvalue weighted by Gasteiger charge is -2.15. The monoisotopic (exact) mass is 474 g/mol. The minimum Gasteiger partial charge on any atom is -0.382 e. The quantitative estimate of drug-likeness (QED) is 0.423. The van der Waals surface area contributed by atoms with Crippen LogP contribution in [0.4, 0.5) is 0 Å². The van der Waals surface area contributed by atoms with Gasteiger partial charge in [0.25, 0.3) is 5.91 Å². The number of methoxy groups -OCH3 is 1. The molecule has 0 saturated heterocycles. The molecule has 1 amide bonds. The molecule has 0 bridgehead atoms. The van der Waals surface area contributed by atoms with Crippen molar-refractivity contribution in [1.29, 1.82) is 0 Å². The summed E-state index contributed by atoms with van der Waals surface area (Å²) in [7, 11) is 1.62. The van der Waals surface area contributed by atoms with E-state index >= 15 is 0 Å². The van der Waals surface area contributed by atoms with Gasteiger partial charge in [-0.2, -0.15) is 11.8 Å². The van der Waals surface area contributed by atoms with Crippen LogP contribution in [0.15, 0.2) is 53.5 Å². The van der Waals surface area contributed by atoms with Gasteiger partial charge in [-0.3, -0.25) is 9.59 Å². The summed E-state index contributed by atoms with van der Waals surface area (Å²) >= 11 is 7.60. The van der Waals surface area contributed by atoms with Gasteiger partial charge in [0.15, 0.2) is 0 Å². The topological polar surface area (TPSA) is 69.6 Å². The first-order valence-corrected chi connectivity index (χ1v) is 12.0. The minimum atomic E-state index is -0.406. The molecular weight excluding hydrogens is 448 g/mol. The van der Waals surface area contributed by atoms with Crippen LogP contribution in [0.2, 0.25) is 5.02 Å². The number of halogens is 1. The van der Waals surface area contributed by atoms with Crippen molar-refractivity contribution in [2.75, 3.05) is 33.2 Å². The molecule has 0 atom stereocenters. The molecule has 8 heteroatoms. The van der Waals surface area contributed by atoms with Gasteiger partial charge in [0.1, 0.15) is 5.56 Å². The summed E-state index contributed by atoms with van der Waals surface area (Å²) in [6.45, 7) is 2.27. The first-order valence-electron chi connectivity index (χ1n) is 10.3. The fraction of sp³-hybridized carbons (Fsp3) is 0.333. The number of fused-ring (bicyclic) bond motifs is 1. The third-order valence-electron chi connectivity index (χ3n) is 4.97. The van der Waals surface area contributed by atoms with Crippen molar-refractivity contribution in [2.24, 2.45) is 0 Å². The standard InChI is InChI=1S/C24H27ClN2O4S/c1-30-11-12-31-10-9-27-15-21(24(29)26-14-17-3-6-19(25)7-4-17)23(28)20-13-18(16-32-2)5-8-22(20)27/h3-8,13,15H,9-12,14,16H2,1-2H3,(H,26,29). The molecule has 1 aromatic heterocycles. The molecule has 0 aliphatic carbocycles. The molecule has 0 fully saturated rings. The molecule has 1 heterocycles. The van der Waals surface area contributed by atoms with Crippen LogP contribution >= 0.6 is 23.4 Å². The van der Waals surface area contributed by atoms with Crippen molar-refractivity contribution in [3.63, 3.8) is 0 Å². The maximum atomic E-state index is 13.2. The van der Waals surface area contributed by atoms with Crippen LogP contribution in [-0.4, -0.2) is 43.7 Å². The van der Waals surface area contributed by atoms with E-state index in [1.54, 1.807) is 37.2 Å². The molecule has 3 rings (SSSR count). The van der Waals surface area contributed by atoms with E-state index in [1.807, 2.05) is 41.2 Å². The average Bonchev–Trinajstić information content (AvgIpc) is 2.80. The number of thioether (sulfide) groups is 1. The van der Waals surface area contributed by atoms with E-state index in [0.717, 1.165) is 22.4 Å². The van der Waals surface area contributed by atoms with Gasteiger partial charge >= 0.3 is 0 Å². The summed E-state index contributed by atoms with van der Waals surface area (Å²) in [6, 6.07) is 13.0. The maximum Gasteiger partial charge on any atom is 0.257 e. The van der Waals surface area contributed by atoms with E-state index in [9.17, 15) is 9.59 Å². The SMILES string of the molecule is COCCOCCn1cc(C(=O)NCc2ccc(Cl)cc2)c(=O)c2cc(CSC)ccc21. The highest BCUT2D eigenvalue weighted by atomic mass is 35.5. The van der Waals surface area contributed by atoms with Gasteiger partial charge in [0.05, 0.1) is 25.3 Å². The number of ether oxygens (including phenoxy) is 2. The zero-order chi connectivity index (χ0) is 22.9. The third-order valence-corrected chi connectivity index (χ3v) is 5.85. The summed E-state index contributed by atoms with van der Waals surface area (Å²) in [6.07, 6.45) is 3.64. The smallest absolute Gasteiger partial charge is 0.257 e. The predicted octanol–water partition coefficient (Wildman–Crippen LogP) is 4.11. The van der Waals surface area contributed by atoms with Crippen molar-refractivity contribution in [2.45, 2.75) is 18.8 Å². The number of hydrogen-bond donors (Lipinski definition) is 1. The van der Waals surface area contributed by atoms with E-state index in [-0.39, 0.29) is 11.0 Å². The number of rotatable bonds is 11. The Morgan fingerprint density at radius 3 is 2.56 bits per heavy atom. The van der Waals surface area contributed by atoms with E-state index in [1.165, 1.54) is 0 Å². The van der Waals surface area contributed by atoms with Gasteiger partial charge in [-0.25, -0.2) is 0 Å². The molecule has 2 aromatic carbocycles. The lowest BCUT2D eigenvalue weighted by atomic mass is 10.1. The van der Waals surface area contributed by atoms with Crippen molar-refractivity contribution in [1.82, 2.24) is 9.88 Å². The first-order chi connectivity index (χ1) is 15.5. The third kappa shape index (κ3) is 6.36. The predicted molar refractivity (Wildman–Crippen MR) is 131 cm³/mol. The number of carbonyl (C=O) groups is 1. The molecule has 170 valence electrons. The molecule has 6 nitrogen and oxygen atoms in total. The summed E-state index contributed by atoms with van der Waals surface area (Å²) < 4.78 is 12.5. The molecule has 0 radical (unpaired) electrons. The van der Waals surface area contributed by atoms with Crippen LogP contribution < -0.4 is 10.7 Å². The number of carbonyl (C=O) groups excluding carboxylic acids is 1. The molecule has 32 heavy (non-hydrogen) atoms. The van der Waals surface area contributed by atoms with Crippen LogP contribution in [0.25, 0.3) is 10.9 Å². The van der Waals surface area contributed by atoms with Gasteiger partial charge < -0.3 is 19.4 Å². The number of amides is 1. The second-order valence-electron chi connectivity index (χ2n) is 7.26. The van der Waals surface area contributed by atoms with Crippen LogP contribution in [0.3, 0.4) is 0 Å². The Bertz CT molecular complexity index is 1120. The minimum absolute atomic E-state index is 0.115. The largest absolute Gasteiger partial charge is 0.382 e. The van der Waals surface area contributed by atoms with Crippen molar-refractivity contribution in [3.8, 4) is 0 Å². The Kier molecular flexibility index (Phi) is 9.17. The molecule has 0 aliphatic rings. The number of benzene rings is 2. The second-order valence-corrected chi connectivity index (χ2v) is 8.57. The molecular formula is C24H27ClN2O4S. The fourth-order valence-electron chi connectivity index (χ4n) is 3.33. The molecule has 1 N–H and O–H groups in total. The first kappa shape index (κ1) is 24.3. The average molecular weight is 475 g/mol. The van der Waals surface area contributed by atoms with Crippen molar-refractivity contribution in [3.05, 3.63) is 80.6 Å². The van der Waals surface area contributed by atoms with Crippen LogP contribution in [-0.2, 0) is 28.3 Å². The Hall–Kier alpha value is -2.32. The number of pyridine rings is 1. The normalized spacial score (nSPS) is 11.1. The summed E-state index contributed by atoms with van der Waals surface area (Å²) in [5, 5.41) is 4.01. The van der Waals surface area contributed by atoms with E-state index in [4.69, 9.17) is 21.1 Å². The zero-order valence-corrected chi connectivity index (χ0v) is 19.8. The fourth-order valence-corrected chi connectivity index (χ4v) is 3.97. The number of aromatic nitrogens is 1. The highest BCUT2D eigenvalue weighted by molar-refractivity contribution is 7.97. The summed E-state index contributed by atoms with van der Waals surface area (Å²) in [4.78, 5) is 26.1. The van der Waals surface area contributed by atoms with Gasteiger partial charge in [0, 0.05) is 42.6 Å². The van der Waals surface area contributed by atoms with Gasteiger partial charge in [-0.1, -0.05) is 29.8 Å². The lowest BCUT2D eigenvalue weighted by Crippen LogP contribution is -2.30. The van der Waals surface area contributed by atoms with Crippen LogP contribution in [0, 0.1) is 0 Å². The van der Waals surface area contributed by atoms with Crippen molar-refractivity contribution >= 4 is 40.2 Å². The van der Waals surface area contributed by atoms with Gasteiger partial charge in [0.2, 0.25) is 5.43 Å². The highest BCUT2D eigenvalue weighted by Gasteiger charge is 2.16. The summed E-state index contributed by atoms with van der Waals surface area (Å²) in [5.74, 6) is 0.388. The Morgan fingerprint density at radius 2 is 1.84 bits per heavy atom. The second kappa shape index (κ2) is 12.1. The van der Waals surface area contributed by atoms with Crippen LogP contribution in [0.5, 0.6) is 0 Å². The van der Waals surface area contributed by atoms with Crippen LogP contribution in [0.1, 0.15) is 21.5 Å². The number of nitrogens with zero attached hydrogens (tertiary/aromatic N) is 1. The lowest BCUT2D eigenvalue weighted by molar-refractivity contribution is 0.0669. The zero-order valence-electron chi connectivity index (χ0n) is 18.2. The Morgan fingerprint density at radius 1 is 1.09 bits per heavy atom. The van der Waals surface area contributed by atoms with E-state index in [2.05, 4.69) is 5.32 Å². The van der Waals surface area contributed by atoms with E-state index in [0.29, 0.717) is 43.3 Å². The van der Waals surface area contributed by atoms with Gasteiger partial charge in [-0.05, 0) is 41.6 Å². The van der Waals surface area contributed by atoms with Gasteiger partial charge in [-0.15, -0.1) is 0 Å². The number of nitrogens with one attached hydrogen (secondary N) is 1. The molecule has 0 unspecified atom stereocenters. The molecule has 0 saturated carbocycles. The molecule has 3 aromatic rings. The maximum absolute atomic E-state index is 13.2. The molecule has 0 aliphatic heterocycles. The molecule has 0 spiro atoms. The summed E-state index contributed by atoms with van der Waals surface area (Å²) in [5.41, 5.74) is 2.57. The number of hydrogen-bond acceptors (Lipinski definition) is 5.